The van der Waals surface area contributed by atoms with Crippen LogP contribution in [0, 0.1) is 5.92 Å². The third-order valence-corrected chi connectivity index (χ3v) is 8.31. The largest absolute Gasteiger partial charge is 0.505 e. The number of hydrogen-bond acceptors (Lipinski definition) is 8. The molecular formula is C20H19N5O6S3. The van der Waals surface area contributed by atoms with Gasteiger partial charge in [-0.1, -0.05) is 12.5 Å². The Morgan fingerprint density at radius 3 is 2.74 bits per heavy atom. The van der Waals surface area contributed by atoms with Crippen molar-refractivity contribution in [1.29, 1.82) is 0 Å². The molecule has 1 atom stereocenters. The number of benzene rings is 1. The first-order valence-corrected chi connectivity index (χ1v) is 13.7. The van der Waals surface area contributed by atoms with Crippen LogP contribution in [0.5, 0.6) is 5.75 Å². The molecule has 0 bridgehead atoms. The maximum atomic E-state index is 13.3. The summed E-state index contributed by atoms with van der Waals surface area (Å²) >= 11 is -1.07. The number of rotatable bonds is 6. The fourth-order valence-corrected chi connectivity index (χ4v) is 6.02. The van der Waals surface area contributed by atoms with Gasteiger partial charge in [-0.15, -0.1) is 15.7 Å². The zero-order valence-electron chi connectivity index (χ0n) is 17.5. The van der Waals surface area contributed by atoms with Gasteiger partial charge in [0.05, 0.1) is 10.6 Å². The molecule has 0 radical (unpaired) electrons. The molecule has 1 unspecified atom stereocenters. The van der Waals surface area contributed by atoms with Crippen LogP contribution in [0.15, 0.2) is 49.8 Å². The van der Waals surface area contributed by atoms with E-state index in [0.717, 1.165) is 25.3 Å². The first-order chi connectivity index (χ1) is 16.2. The molecule has 2 aromatic heterocycles. The Labute approximate surface area is 200 Å². The van der Waals surface area contributed by atoms with Crippen LogP contribution in [0.25, 0.3) is 10.6 Å². The van der Waals surface area contributed by atoms with E-state index in [1.165, 1.54) is 28.2 Å². The number of aromatic hydroxyl groups is 1. The van der Waals surface area contributed by atoms with Crippen molar-refractivity contribution in [1.82, 2.24) is 9.78 Å². The number of anilines is 2. The zero-order chi connectivity index (χ0) is 24.0. The van der Waals surface area contributed by atoms with Crippen LogP contribution in [0.2, 0.25) is 0 Å². The van der Waals surface area contributed by atoms with Crippen LogP contribution in [0.1, 0.15) is 24.8 Å². The number of nitrogens with zero attached hydrogens (tertiary/aromatic N) is 3. The molecule has 0 spiro atoms. The van der Waals surface area contributed by atoms with E-state index in [9.17, 15) is 22.5 Å². The summed E-state index contributed by atoms with van der Waals surface area (Å²) in [4.78, 5) is 13.7. The van der Waals surface area contributed by atoms with Crippen LogP contribution in [0.3, 0.4) is 0 Å². The summed E-state index contributed by atoms with van der Waals surface area (Å²) in [6.45, 7) is 0.356. The topological polar surface area (TPSA) is 163 Å². The molecular weight excluding hydrogens is 502 g/mol. The van der Waals surface area contributed by atoms with Crippen LogP contribution in [-0.2, 0) is 27.8 Å². The average Bonchev–Trinajstić information content (AvgIpc) is 3.26. The lowest BCUT2D eigenvalue weighted by Gasteiger charge is -2.26. The highest BCUT2D eigenvalue weighted by Gasteiger charge is 2.32. The van der Waals surface area contributed by atoms with Crippen molar-refractivity contribution >= 4 is 49.8 Å². The minimum atomic E-state index is -4.30. The first kappa shape index (κ1) is 22.7. The van der Waals surface area contributed by atoms with E-state index in [1.807, 2.05) is 0 Å². The van der Waals surface area contributed by atoms with Crippen LogP contribution in [0.4, 0.5) is 11.4 Å². The molecule has 3 aromatic rings. The van der Waals surface area contributed by atoms with E-state index in [1.54, 1.807) is 17.5 Å². The molecule has 1 fully saturated rings. The van der Waals surface area contributed by atoms with E-state index < -0.39 is 32.6 Å². The molecule has 11 nitrogen and oxygen atoms in total. The summed E-state index contributed by atoms with van der Waals surface area (Å²) in [6.07, 6.45) is 3.01. The van der Waals surface area contributed by atoms with E-state index in [0.29, 0.717) is 11.4 Å². The molecule has 2 aliphatic rings. The minimum Gasteiger partial charge on any atom is -0.505 e. The second-order valence-electron chi connectivity index (χ2n) is 7.94. The lowest BCUT2D eigenvalue weighted by molar-refractivity contribution is 0.261. The minimum absolute atomic E-state index is 0.0956. The summed E-state index contributed by atoms with van der Waals surface area (Å²) < 4.78 is 53.1. The van der Waals surface area contributed by atoms with Crippen molar-refractivity contribution in [3.05, 3.63) is 51.6 Å². The van der Waals surface area contributed by atoms with Gasteiger partial charge in [0.25, 0.3) is 26.8 Å². The predicted octanol–water partition coefficient (Wildman–Crippen LogP) is 2.59. The maximum Gasteiger partial charge on any atom is 0.286 e. The number of nitrogens with one attached hydrogen (secondary N) is 2. The number of amidine groups is 1. The smallest absolute Gasteiger partial charge is 0.286 e. The Hall–Kier alpha value is -3.07. The van der Waals surface area contributed by atoms with Crippen LogP contribution in [-0.4, -0.2) is 37.9 Å². The van der Waals surface area contributed by atoms with Gasteiger partial charge in [-0.05, 0) is 48.4 Å². The number of fused-ring (bicyclic) bond motifs is 1. The molecule has 4 N–H and O–H groups in total. The van der Waals surface area contributed by atoms with E-state index >= 15 is 0 Å². The summed E-state index contributed by atoms with van der Waals surface area (Å²) in [6, 6.07) is 7.46. The first-order valence-electron chi connectivity index (χ1n) is 10.2. The molecule has 0 saturated heterocycles. The van der Waals surface area contributed by atoms with Crippen molar-refractivity contribution in [2.45, 2.75) is 30.7 Å². The highest BCUT2D eigenvalue weighted by molar-refractivity contribution is 7.90. The Bertz CT molecular complexity index is 1490. The fourth-order valence-electron chi connectivity index (χ4n) is 3.83. The van der Waals surface area contributed by atoms with Gasteiger partial charge in [0.1, 0.15) is 16.2 Å². The second kappa shape index (κ2) is 8.61. The molecule has 1 aliphatic carbocycles. The molecule has 3 heterocycles. The summed E-state index contributed by atoms with van der Waals surface area (Å²) in [7, 11) is -4.30. The van der Waals surface area contributed by atoms with Gasteiger partial charge in [0.15, 0.2) is 11.6 Å². The van der Waals surface area contributed by atoms with E-state index in [4.69, 9.17) is 4.55 Å². The van der Waals surface area contributed by atoms with Gasteiger partial charge in [0, 0.05) is 12.2 Å². The lowest BCUT2D eigenvalue weighted by Crippen LogP contribution is -2.36. The Morgan fingerprint density at radius 1 is 1.29 bits per heavy atom. The quantitative estimate of drug-likeness (QED) is 0.360. The lowest BCUT2D eigenvalue weighted by atomic mass is 9.85. The highest BCUT2D eigenvalue weighted by atomic mass is 32.2. The number of hydrogen-bond donors (Lipinski definition) is 4. The number of aromatic nitrogens is 2. The summed E-state index contributed by atoms with van der Waals surface area (Å²) in [5, 5.41) is 20.0. The van der Waals surface area contributed by atoms with Crippen molar-refractivity contribution in [3.63, 3.8) is 0 Å². The van der Waals surface area contributed by atoms with Gasteiger partial charge >= 0.3 is 0 Å². The zero-order valence-corrected chi connectivity index (χ0v) is 19.9. The molecule has 1 aromatic carbocycles. The van der Waals surface area contributed by atoms with E-state index in [-0.39, 0.29) is 39.3 Å². The molecule has 0 amide bonds. The van der Waals surface area contributed by atoms with Crippen LogP contribution >= 0.6 is 11.3 Å². The fraction of sp³-hybridized carbons (Fsp3) is 0.250. The Kier molecular flexibility index (Phi) is 5.75. The maximum absolute atomic E-state index is 13.3. The van der Waals surface area contributed by atoms with Crippen molar-refractivity contribution in [3.8, 4) is 16.3 Å². The SMILES string of the molecule is O=c1c(C2=NS(=O)(=O)c3cc(NS(=O)O)ccc3N2)c(O)c(-c2cccs2)nn1CC1CCC1. The third kappa shape index (κ3) is 4.13. The highest BCUT2D eigenvalue weighted by Crippen LogP contribution is 2.36. The van der Waals surface area contributed by atoms with Gasteiger partial charge in [-0.2, -0.15) is 13.5 Å². The monoisotopic (exact) mass is 521 g/mol. The second-order valence-corrected chi connectivity index (χ2v) is 11.2. The molecule has 5 rings (SSSR count). The van der Waals surface area contributed by atoms with Gasteiger partial charge in [-0.3, -0.25) is 14.1 Å². The molecule has 14 heteroatoms. The normalized spacial score (nSPS) is 17.7. The standard InChI is InChI=1S/C20H19N5O6S3/c26-18-16(19-21-13-7-6-12(23-33(28)29)9-15(13)34(30,31)24-19)20(27)25(10-11-3-1-4-11)22-17(18)14-5-2-8-32-14/h2,5-9,11,23,26H,1,3-4,10H2,(H,21,24)(H,28,29). The summed E-state index contributed by atoms with van der Waals surface area (Å²) in [5.74, 6) is -0.493. The predicted molar refractivity (Wildman–Crippen MR) is 129 cm³/mol. The molecule has 178 valence electrons. The number of thiophene rings is 1. The van der Waals surface area contributed by atoms with Gasteiger partial charge < -0.3 is 10.4 Å². The van der Waals surface area contributed by atoms with E-state index in [2.05, 4.69) is 19.5 Å². The molecule has 34 heavy (non-hydrogen) atoms. The number of sulfonamides is 1. The average molecular weight is 522 g/mol. The van der Waals surface area contributed by atoms with Crippen molar-refractivity contribution in [2.24, 2.45) is 10.3 Å². The Balaban J connectivity index is 1.65. The van der Waals surface area contributed by atoms with Gasteiger partial charge in [-0.25, -0.2) is 8.89 Å². The van der Waals surface area contributed by atoms with Gasteiger partial charge in [0.2, 0.25) is 0 Å². The third-order valence-electron chi connectivity index (χ3n) is 5.71. The molecule has 1 saturated carbocycles. The Morgan fingerprint density at radius 2 is 2.09 bits per heavy atom. The van der Waals surface area contributed by atoms with Crippen molar-refractivity contribution < 1.29 is 22.3 Å². The van der Waals surface area contributed by atoms with Crippen molar-refractivity contribution in [2.75, 3.05) is 10.0 Å². The summed E-state index contributed by atoms with van der Waals surface area (Å²) in [5.41, 5.74) is -0.563. The molecule has 1 aliphatic heterocycles. The van der Waals surface area contributed by atoms with Crippen LogP contribution < -0.4 is 15.6 Å².